The lowest BCUT2D eigenvalue weighted by molar-refractivity contribution is 0.591. The van der Waals surface area contributed by atoms with Crippen LogP contribution in [0, 0.1) is 5.41 Å². The third kappa shape index (κ3) is 7.19. The molecule has 0 aliphatic heterocycles. The second-order valence-electron chi connectivity index (χ2n) is 15.8. The van der Waals surface area contributed by atoms with E-state index in [1.807, 2.05) is 31.3 Å². The molecule has 1 aromatic heterocycles. The first kappa shape index (κ1) is 37.0. The maximum Gasteiger partial charge on any atom is 0.0342 e. The molecule has 0 spiro atoms. The van der Waals surface area contributed by atoms with Crippen LogP contribution < -0.4 is 0 Å². The molecule has 2 heteroatoms. The molecule has 0 saturated carbocycles. The second kappa shape index (κ2) is 15.3. The number of nitrogens with one attached hydrogen (secondary N) is 1. The SMILES string of the molecule is C=C(C)c1cccnc1.C=C/C=C(\C=N)c1ccc(-c2cc(-c3ccc(-c4cccc5ccccc45)cc3)c3ccc4cc(C(C)(C)C)cc5ccc2c3c54)cc1. The highest BCUT2D eigenvalue weighted by atomic mass is 14.6. The summed E-state index contributed by atoms with van der Waals surface area (Å²) in [5.41, 5.74) is 12.7. The minimum Gasteiger partial charge on any atom is -0.308 e. The largest absolute Gasteiger partial charge is 0.308 e. The van der Waals surface area contributed by atoms with Crippen LogP contribution in [0.1, 0.15) is 44.4 Å². The lowest BCUT2D eigenvalue weighted by Crippen LogP contribution is -2.10. The zero-order valence-electron chi connectivity index (χ0n) is 33.1. The van der Waals surface area contributed by atoms with Gasteiger partial charge in [0, 0.05) is 18.6 Å². The predicted molar refractivity (Wildman–Crippen MR) is 249 cm³/mol. The Morgan fingerprint density at radius 1 is 0.579 bits per heavy atom. The van der Waals surface area contributed by atoms with Crippen molar-refractivity contribution < 1.29 is 0 Å². The standard InChI is InChI=1S/C47H37N.C8H9N/c1-5-9-37(29-48)30-14-16-33(17-15-30)43-28-44(34-20-18-32(19-21-34)40-13-8-11-31-10-6-7-12-39(31)40)42-25-23-36-27-38(47(2,3)4)26-35-22-24-41(43)46(42)45(35)36;1-7(2)8-4-3-5-9-6-8/h5-29,48H,1H2,2-4H3;3-6H,1H2,2H3/b37-9+,48-29?;. The van der Waals surface area contributed by atoms with Gasteiger partial charge in [-0.25, -0.2) is 0 Å². The van der Waals surface area contributed by atoms with E-state index in [9.17, 15) is 0 Å². The molecule has 2 nitrogen and oxygen atoms in total. The van der Waals surface area contributed by atoms with Crippen LogP contribution in [0.3, 0.4) is 0 Å². The number of hydrogen-bond donors (Lipinski definition) is 1. The van der Waals surface area contributed by atoms with E-state index in [-0.39, 0.29) is 5.41 Å². The van der Waals surface area contributed by atoms with Gasteiger partial charge in [-0.3, -0.25) is 4.98 Å². The van der Waals surface area contributed by atoms with E-state index in [4.69, 9.17) is 5.41 Å². The van der Waals surface area contributed by atoms with Gasteiger partial charge in [0.25, 0.3) is 0 Å². The number of fused-ring (bicyclic) bond motifs is 1. The fraction of sp³-hybridized carbons (Fsp3) is 0.0909. The molecule has 0 aliphatic carbocycles. The fourth-order valence-corrected chi connectivity index (χ4v) is 7.94. The third-order valence-corrected chi connectivity index (χ3v) is 11.0. The Bertz CT molecular complexity index is 2930. The molecular weight excluding hydrogens is 689 g/mol. The average molecular weight is 735 g/mol. The number of pyridine rings is 1. The summed E-state index contributed by atoms with van der Waals surface area (Å²) in [4.78, 5) is 3.95. The number of nitrogens with zero attached hydrogens (tertiary/aromatic N) is 1. The molecule has 0 unspecified atom stereocenters. The Morgan fingerprint density at radius 2 is 1.18 bits per heavy atom. The van der Waals surface area contributed by atoms with Gasteiger partial charge in [-0.1, -0.05) is 180 Å². The van der Waals surface area contributed by atoms with Crippen molar-refractivity contribution in [3.63, 3.8) is 0 Å². The Hall–Kier alpha value is -6.90. The van der Waals surface area contributed by atoms with E-state index in [2.05, 4.69) is 172 Å². The number of benzene rings is 8. The van der Waals surface area contributed by atoms with Crippen LogP contribution in [0.15, 0.2) is 183 Å². The summed E-state index contributed by atoms with van der Waals surface area (Å²) in [5.74, 6) is 0. The van der Waals surface area contributed by atoms with Gasteiger partial charge in [-0.2, -0.15) is 0 Å². The van der Waals surface area contributed by atoms with E-state index in [0.717, 1.165) is 27.8 Å². The van der Waals surface area contributed by atoms with Gasteiger partial charge >= 0.3 is 0 Å². The molecule has 9 rings (SSSR count). The summed E-state index contributed by atoms with van der Waals surface area (Å²) in [6.45, 7) is 16.4. The van der Waals surface area contributed by atoms with Crippen molar-refractivity contribution >= 4 is 60.5 Å². The normalized spacial score (nSPS) is 11.8. The highest BCUT2D eigenvalue weighted by Gasteiger charge is 2.20. The minimum absolute atomic E-state index is 0.0592. The first-order chi connectivity index (χ1) is 27.6. The average Bonchev–Trinajstić information content (AvgIpc) is 3.24. The maximum atomic E-state index is 7.89. The van der Waals surface area contributed by atoms with Crippen LogP contribution in [0.5, 0.6) is 0 Å². The van der Waals surface area contributed by atoms with Crippen molar-refractivity contribution in [2.75, 3.05) is 0 Å². The highest BCUT2D eigenvalue weighted by Crippen LogP contribution is 2.45. The van der Waals surface area contributed by atoms with E-state index in [0.29, 0.717) is 0 Å². The Morgan fingerprint density at radius 3 is 1.72 bits per heavy atom. The summed E-state index contributed by atoms with van der Waals surface area (Å²) in [6.07, 6.45) is 8.57. The lowest BCUT2D eigenvalue weighted by Gasteiger charge is -2.23. The fourth-order valence-electron chi connectivity index (χ4n) is 7.94. The summed E-state index contributed by atoms with van der Waals surface area (Å²) in [7, 11) is 0. The van der Waals surface area contributed by atoms with Crippen molar-refractivity contribution in [1.82, 2.24) is 4.98 Å². The molecule has 0 aliphatic rings. The molecule has 0 radical (unpaired) electrons. The molecule has 0 amide bonds. The smallest absolute Gasteiger partial charge is 0.0342 e. The van der Waals surface area contributed by atoms with Gasteiger partial charge in [0.2, 0.25) is 0 Å². The van der Waals surface area contributed by atoms with Crippen LogP contribution in [0.25, 0.3) is 87.6 Å². The van der Waals surface area contributed by atoms with E-state index in [1.54, 1.807) is 12.3 Å². The molecule has 0 fully saturated rings. The number of allylic oxidation sites excluding steroid dienone is 4. The second-order valence-corrected chi connectivity index (χ2v) is 15.8. The van der Waals surface area contributed by atoms with Crippen molar-refractivity contribution in [3.8, 4) is 33.4 Å². The molecule has 0 saturated heterocycles. The summed E-state index contributed by atoms with van der Waals surface area (Å²) >= 11 is 0. The third-order valence-electron chi connectivity index (χ3n) is 11.0. The van der Waals surface area contributed by atoms with Gasteiger partial charge in [-0.15, -0.1) is 0 Å². The molecule has 57 heavy (non-hydrogen) atoms. The van der Waals surface area contributed by atoms with Crippen LogP contribution in [0.2, 0.25) is 0 Å². The van der Waals surface area contributed by atoms with Crippen LogP contribution in [-0.4, -0.2) is 11.2 Å². The number of aromatic nitrogens is 1. The first-order valence-corrected chi connectivity index (χ1v) is 19.5. The number of hydrogen-bond acceptors (Lipinski definition) is 2. The molecule has 0 bridgehead atoms. The molecule has 276 valence electrons. The Labute approximate surface area is 336 Å². The number of rotatable bonds is 7. The highest BCUT2D eigenvalue weighted by molar-refractivity contribution is 6.28. The molecule has 1 heterocycles. The van der Waals surface area contributed by atoms with Gasteiger partial charge in [-0.05, 0) is 129 Å². The van der Waals surface area contributed by atoms with E-state index < -0.39 is 0 Å². The summed E-state index contributed by atoms with van der Waals surface area (Å²) < 4.78 is 0. The molecule has 0 atom stereocenters. The van der Waals surface area contributed by atoms with Gasteiger partial charge < -0.3 is 5.41 Å². The van der Waals surface area contributed by atoms with Crippen LogP contribution in [-0.2, 0) is 5.41 Å². The molecular formula is C55H46N2. The quantitative estimate of drug-likeness (QED) is 0.0988. The van der Waals surface area contributed by atoms with Crippen molar-refractivity contribution in [1.29, 1.82) is 5.41 Å². The zero-order valence-corrected chi connectivity index (χ0v) is 33.1. The van der Waals surface area contributed by atoms with E-state index >= 15 is 0 Å². The monoisotopic (exact) mass is 734 g/mol. The van der Waals surface area contributed by atoms with Crippen molar-refractivity contribution in [3.05, 3.63) is 200 Å². The van der Waals surface area contributed by atoms with Crippen LogP contribution >= 0.6 is 0 Å². The molecule has 1 N–H and O–H groups in total. The maximum absolute atomic E-state index is 7.89. The van der Waals surface area contributed by atoms with Gasteiger partial charge in [0.05, 0.1) is 0 Å². The Kier molecular flexibility index (Phi) is 9.96. The van der Waals surface area contributed by atoms with Crippen molar-refractivity contribution in [2.45, 2.75) is 33.1 Å². The van der Waals surface area contributed by atoms with Gasteiger partial charge in [0.1, 0.15) is 0 Å². The Balaban J connectivity index is 0.000000448. The van der Waals surface area contributed by atoms with Gasteiger partial charge in [0.15, 0.2) is 0 Å². The molecule has 8 aromatic carbocycles. The van der Waals surface area contributed by atoms with E-state index in [1.165, 1.54) is 82.7 Å². The lowest BCUT2D eigenvalue weighted by atomic mass is 9.81. The molecule has 9 aromatic rings. The first-order valence-electron chi connectivity index (χ1n) is 19.5. The summed E-state index contributed by atoms with van der Waals surface area (Å²) in [5, 5.41) is 18.1. The predicted octanol–water partition coefficient (Wildman–Crippen LogP) is 15.4. The summed E-state index contributed by atoms with van der Waals surface area (Å²) in [6, 6.07) is 53.1. The van der Waals surface area contributed by atoms with Crippen molar-refractivity contribution in [2.24, 2.45) is 0 Å². The van der Waals surface area contributed by atoms with Crippen LogP contribution in [0.4, 0.5) is 0 Å². The minimum atomic E-state index is 0.0592. The zero-order chi connectivity index (χ0) is 39.7. The topological polar surface area (TPSA) is 36.7 Å².